The van der Waals surface area contributed by atoms with Gasteiger partial charge < -0.3 is 14.2 Å². The smallest absolute Gasteiger partial charge is 0.104 e. The first-order valence-electron chi connectivity index (χ1n) is 10.2. The van der Waals surface area contributed by atoms with E-state index in [1.54, 1.807) is 0 Å². The second-order valence-corrected chi connectivity index (χ2v) is 7.16. The van der Waals surface area contributed by atoms with Crippen LogP contribution in [0.5, 0.6) is 0 Å². The fourth-order valence-electron chi connectivity index (χ4n) is 2.77. The van der Waals surface area contributed by atoms with Crippen LogP contribution in [-0.2, 0) is 20.6 Å². The molecule has 0 N–H and O–H groups in total. The summed E-state index contributed by atoms with van der Waals surface area (Å²) < 4.78 is 15.1. The molecular formula is C22H36O3. The molecule has 142 valence electrons. The first kappa shape index (κ1) is 20.4. The maximum atomic E-state index is 5.23. The van der Waals surface area contributed by atoms with Crippen molar-refractivity contribution in [2.24, 2.45) is 0 Å². The van der Waals surface area contributed by atoms with Gasteiger partial charge in [0.15, 0.2) is 0 Å². The van der Waals surface area contributed by atoms with Crippen LogP contribution < -0.4 is 0 Å². The summed E-state index contributed by atoms with van der Waals surface area (Å²) >= 11 is 0. The molecule has 3 nitrogen and oxygen atoms in total. The van der Waals surface area contributed by atoms with E-state index in [0.29, 0.717) is 12.2 Å². The number of ether oxygens (including phenoxy) is 3. The summed E-state index contributed by atoms with van der Waals surface area (Å²) in [7, 11) is 0. The Morgan fingerprint density at radius 1 is 0.800 bits per heavy atom. The maximum Gasteiger partial charge on any atom is 0.104 e. The predicted molar refractivity (Wildman–Crippen MR) is 103 cm³/mol. The Bertz CT molecular complexity index is 401. The quantitative estimate of drug-likeness (QED) is 0.364. The Hall–Kier alpha value is -0.900. The van der Waals surface area contributed by atoms with Crippen molar-refractivity contribution in [3.63, 3.8) is 0 Å². The molecule has 1 aromatic rings. The number of hydrogen-bond acceptors (Lipinski definition) is 3. The maximum absolute atomic E-state index is 5.23. The number of benzene rings is 1. The van der Waals surface area contributed by atoms with Crippen molar-refractivity contribution in [1.29, 1.82) is 0 Å². The minimum absolute atomic E-state index is 0.392. The van der Waals surface area contributed by atoms with Crippen LogP contribution in [0.1, 0.15) is 63.9 Å². The van der Waals surface area contributed by atoms with Crippen LogP contribution in [0.25, 0.3) is 0 Å². The van der Waals surface area contributed by atoms with Crippen LogP contribution in [0.3, 0.4) is 0 Å². The third kappa shape index (κ3) is 12.1. The van der Waals surface area contributed by atoms with Gasteiger partial charge in [0.05, 0.1) is 26.4 Å². The van der Waals surface area contributed by atoms with Crippen LogP contribution in [0.4, 0.5) is 0 Å². The molecule has 1 aromatic carbocycles. The van der Waals surface area contributed by atoms with Gasteiger partial charge in [-0.05, 0) is 18.4 Å². The van der Waals surface area contributed by atoms with Gasteiger partial charge in [-0.1, -0.05) is 82.2 Å². The van der Waals surface area contributed by atoms with Gasteiger partial charge >= 0.3 is 0 Å². The second-order valence-electron chi connectivity index (χ2n) is 7.16. The Labute approximate surface area is 154 Å². The van der Waals surface area contributed by atoms with Gasteiger partial charge in [-0.15, -0.1) is 0 Å². The number of unbranched alkanes of at least 4 members (excludes halogenated alkanes) is 7. The normalized spacial score (nSPS) is 20.7. The van der Waals surface area contributed by atoms with E-state index < -0.39 is 0 Å². The van der Waals surface area contributed by atoms with Gasteiger partial charge in [0.25, 0.3) is 0 Å². The SMILES string of the molecule is C(OCC1CO1)C1CO1.CCCCCCCCCCc1ccccc1. The zero-order valence-electron chi connectivity index (χ0n) is 16.0. The monoisotopic (exact) mass is 348 g/mol. The standard InChI is InChI=1S/C16H26.C6H10O3/c1-2-3-4-5-6-7-8-10-13-16-14-11-9-12-15-16;1(5-3-8-5)7-2-6-4-9-6/h9,11-12,14-15H,2-8,10,13H2,1H3;5-6H,1-4H2. The zero-order chi connectivity index (χ0) is 17.6. The lowest BCUT2D eigenvalue weighted by molar-refractivity contribution is 0.102. The number of hydrogen-bond donors (Lipinski definition) is 0. The van der Waals surface area contributed by atoms with E-state index in [0.717, 1.165) is 26.4 Å². The first-order chi connectivity index (χ1) is 12.4. The molecule has 2 saturated heterocycles. The van der Waals surface area contributed by atoms with E-state index in [9.17, 15) is 0 Å². The molecule has 0 amide bonds. The topological polar surface area (TPSA) is 34.3 Å². The van der Waals surface area contributed by atoms with Crippen molar-refractivity contribution < 1.29 is 14.2 Å². The lowest BCUT2D eigenvalue weighted by Crippen LogP contribution is -2.06. The van der Waals surface area contributed by atoms with E-state index in [-0.39, 0.29) is 0 Å². The van der Waals surface area contributed by atoms with Crippen molar-refractivity contribution in [2.45, 2.75) is 76.9 Å². The van der Waals surface area contributed by atoms with Gasteiger partial charge in [0.2, 0.25) is 0 Å². The average molecular weight is 349 g/mol. The Morgan fingerprint density at radius 3 is 1.84 bits per heavy atom. The second kappa shape index (κ2) is 13.3. The summed E-state index contributed by atoms with van der Waals surface area (Å²) in [6, 6.07) is 10.8. The van der Waals surface area contributed by atoms with E-state index in [4.69, 9.17) is 14.2 Å². The average Bonchev–Trinajstić information content (AvgIpc) is 3.54. The molecule has 0 bridgehead atoms. The van der Waals surface area contributed by atoms with Crippen molar-refractivity contribution in [1.82, 2.24) is 0 Å². The van der Waals surface area contributed by atoms with Crippen LogP contribution >= 0.6 is 0 Å². The van der Waals surface area contributed by atoms with Crippen LogP contribution in [0.2, 0.25) is 0 Å². The van der Waals surface area contributed by atoms with Crippen molar-refractivity contribution in [2.75, 3.05) is 26.4 Å². The molecule has 0 aliphatic carbocycles. The van der Waals surface area contributed by atoms with E-state index in [1.807, 2.05) is 0 Å². The number of aryl methyl sites for hydroxylation is 1. The molecular weight excluding hydrogens is 312 g/mol. The third-order valence-corrected chi connectivity index (χ3v) is 4.57. The fourth-order valence-corrected chi connectivity index (χ4v) is 2.77. The molecule has 2 heterocycles. The lowest BCUT2D eigenvalue weighted by Gasteiger charge is -2.02. The van der Waals surface area contributed by atoms with Gasteiger partial charge in [0, 0.05) is 0 Å². The minimum atomic E-state index is 0.392. The van der Waals surface area contributed by atoms with Crippen LogP contribution in [-0.4, -0.2) is 38.6 Å². The summed E-state index contributed by atoms with van der Waals surface area (Å²) in [5.41, 5.74) is 1.49. The highest BCUT2D eigenvalue weighted by atomic mass is 16.6. The van der Waals surface area contributed by atoms with Crippen LogP contribution in [0, 0.1) is 0 Å². The summed E-state index contributed by atoms with van der Waals surface area (Å²) in [5.74, 6) is 0. The fraction of sp³-hybridized carbons (Fsp3) is 0.727. The highest BCUT2D eigenvalue weighted by Crippen LogP contribution is 2.12. The summed E-state index contributed by atoms with van der Waals surface area (Å²) in [5, 5.41) is 0. The molecule has 2 aliphatic rings. The van der Waals surface area contributed by atoms with Crippen molar-refractivity contribution >= 4 is 0 Å². The number of epoxide rings is 2. The predicted octanol–water partition coefficient (Wildman–Crippen LogP) is 5.17. The van der Waals surface area contributed by atoms with Crippen molar-refractivity contribution in [3.8, 4) is 0 Å². The summed E-state index contributed by atoms with van der Waals surface area (Å²) in [6.07, 6.45) is 13.3. The largest absolute Gasteiger partial charge is 0.376 e. The molecule has 2 atom stereocenters. The highest BCUT2D eigenvalue weighted by Gasteiger charge is 2.26. The molecule has 2 aliphatic heterocycles. The summed E-state index contributed by atoms with van der Waals surface area (Å²) in [4.78, 5) is 0. The Morgan fingerprint density at radius 2 is 1.32 bits per heavy atom. The zero-order valence-corrected chi connectivity index (χ0v) is 16.0. The van der Waals surface area contributed by atoms with E-state index in [1.165, 1.54) is 63.4 Å². The molecule has 3 heteroatoms. The number of rotatable bonds is 13. The van der Waals surface area contributed by atoms with Gasteiger partial charge in [0.1, 0.15) is 12.2 Å². The highest BCUT2D eigenvalue weighted by molar-refractivity contribution is 5.14. The summed E-state index contributed by atoms with van der Waals surface area (Å²) in [6.45, 7) is 5.54. The first-order valence-corrected chi connectivity index (χ1v) is 10.2. The molecule has 0 radical (unpaired) electrons. The molecule has 0 saturated carbocycles. The molecule has 0 spiro atoms. The van der Waals surface area contributed by atoms with Gasteiger partial charge in [-0.2, -0.15) is 0 Å². The molecule has 2 fully saturated rings. The van der Waals surface area contributed by atoms with Crippen molar-refractivity contribution in [3.05, 3.63) is 35.9 Å². The molecule has 2 unspecified atom stereocenters. The molecule has 3 rings (SSSR count). The Kier molecular flexibility index (Phi) is 10.9. The van der Waals surface area contributed by atoms with Crippen LogP contribution in [0.15, 0.2) is 30.3 Å². The third-order valence-electron chi connectivity index (χ3n) is 4.57. The van der Waals surface area contributed by atoms with Gasteiger partial charge in [-0.3, -0.25) is 0 Å². The van der Waals surface area contributed by atoms with Gasteiger partial charge in [-0.25, -0.2) is 0 Å². The Balaban J connectivity index is 0.000000208. The molecule has 25 heavy (non-hydrogen) atoms. The minimum Gasteiger partial charge on any atom is -0.376 e. The lowest BCUT2D eigenvalue weighted by atomic mass is 10.0. The molecule has 0 aromatic heterocycles. The van der Waals surface area contributed by atoms with E-state index in [2.05, 4.69) is 37.3 Å². The van der Waals surface area contributed by atoms with E-state index >= 15 is 0 Å².